The van der Waals surface area contributed by atoms with Crippen LogP contribution in [0.15, 0.2) is 17.8 Å². The molecule has 0 aromatic carbocycles. The van der Waals surface area contributed by atoms with Crippen molar-refractivity contribution in [1.82, 2.24) is 9.97 Å². The van der Waals surface area contributed by atoms with Crippen molar-refractivity contribution in [3.05, 3.63) is 17.8 Å². The van der Waals surface area contributed by atoms with Gasteiger partial charge in [-0.1, -0.05) is 0 Å². The van der Waals surface area contributed by atoms with E-state index >= 15 is 0 Å². The number of thioether (sulfide) groups is 1. The van der Waals surface area contributed by atoms with Crippen molar-refractivity contribution in [3.8, 4) is 0 Å². The molecule has 4 nitrogen and oxygen atoms in total. The molecule has 1 atom stereocenters. The molecule has 1 unspecified atom stereocenters. The Morgan fingerprint density at radius 1 is 1.44 bits per heavy atom. The molecular formula is C12H15N3OS2. The minimum absolute atomic E-state index is 0.236. The molecule has 1 fully saturated rings. The van der Waals surface area contributed by atoms with Gasteiger partial charge in [0.1, 0.15) is 17.0 Å². The minimum Gasteiger partial charge on any atom is -0.396 e. The molecule has 0 amide bonds. The number of aromatic nitrogens is 2. The van der Waals surface area contributed by atoms with Crippen LogP contribution in [0, 0.1) is 0 Å². The Bertz CT molecular complexity index is 529. The highest BCUT2D eigenvalue weighted by Crippen LogP contribution is 2.31. The highest BCUT2D eigenvalue weighted by Gasteiger charge is 2.25. The second-order valence-corrected chi connectivity index (χ2v) is 6.32. The molecule has 1 aliphatic rings. The fourth-order valence-electron chi connectivity index (χ4n) is 2.33. The zero-order valence-electron chi connectivity index (χ0n) is 9.95. The van der Waals surface area contributed by atoms with Gasteiger partial charge in [-0.05, 0) is 17.9 Å². The van der Waals surface area contributed by atoms with Crippen LogP contribution in [0.5, 0.6) is 0 Å². The van der Waals surface area contributed by atoms with Gasteiger partial charge in [0.05, 0.1) is 5.39 Å². The molecule has 0 spiro atoms. The van der Waals surface area contributed by atoms with Crippen molar-refractivity contribution >= 4 is 39.1 Å². The maximum atomic E-state index is 9.19. The number of rotatable bonds is 3. The lowest BCUT2D eigenvalue weighted by Gasteiger charge is -2.36. The van der Waals surface area contributed by atoms with E-state index in [1.54, 1.807) is 17.7 Å². The van der Waals surface area contributed by atoms with Crippen LogP contribution in [-0.4, -0.2) is 45.8 Å². The van der Waals surface area contributed by atoms with Crippen LogP contribution in [-0.2, 0) is 0 Å². The van der Waals surface area contributed by atoms with Crippen LogP contribution in [0.2, 0.25) is 0 Å². The maximum Gasteiger partial charge on any atom is 0.141 e. The standard InChI is InChI=1S/C12H15N3OS2/c16-4-1-9-7-17-6-3-15(9)11-10-2-5-18-12(10)14-8-13-11/h2,5,8-9,16H,1,3-4,6-7H2. The van der Waals surface area contributed by atoms with Gasteiger partial charge >= 0.3 is 0 Å². The summed E-state index contributed by atoms with van der Waals surface area (Å²) in [5.41, 5.74) is 0. The van der Waals surface area contributed by atoms with Crippen LogP contribution in [0.1, 0.15) is 6.42 Å². The van der Waals surface area contributed by atoms with E-state index < -0.39 is 0 Å². The quantitative estimate of drug-likeness (QED) is 0.932. The third-order valence-electron chi connectivity index (χ3n) is 3.20. The molecule has 3 rings (SSSR count). The van der Waals surface area contributed by atoms with Crippen molar-refractivity contribution in [3.63, 3.8) is 0 Å². The molecule has 0 bridgehead atoms. The van der Waals surface area contributed by atoms with E-state index in [1.165, 1.54) is 0 Å². The van der Waals surface area contributed by atoms with E-state index in [-0.39, 0.29) is 6.61 Å². The largest absolute Gasteiger partial charge is 0.396 e. The summed E-state index contributed by atoms with van der Waals surface area (Å²) in [5.74, 6) is 3.22. The first-order valence-electron chi connectivity index (χ1n) is 6.03. The Kier molecular flexibility index (Phi) is 3.67. The van der Waals surface area contributed by atoms with Crippen LogP contribution in [0.3, 0.4) is 0 Å². The van der Waals surface area contributed by atoms with Crippen molar-refractivity contribution in [1.29, 1.82) is 0 Å². The lowest BCUT2D eigenvalue weighted by molar-refractivity contribution is 0.276. The first kappa shape index (κ1) is 12.2. The maximum absolute atomic E-state index is 9.19. The molecule has 0 aliphatic carbocycles. The summed E-state index contributed by atoms with van der Waals surface area (Å²) in [7, 11) is 0. The summed E-state index contributed by atoms with van der Waals surface area (Å²) < 4.78 is 0. The highest BCUT2D eigenvalue weighted by molar-refractivity contribution is 7.99. The number of thiophene rings is 1. The summed E-state index contributed by atoms with van der Waals surface area (Å²) in [5, 5.41) is 12.4. The van der Waals surface area contributed by atoms with Crippen LogP contribution in [0.25, 0.3) is 10.2 Å². The summed E-state index contributed by atoms with van der Waals surface area (Å²) in [6.45, 7) is 1.23. The number of hydrogen-bond donors (Lipinski definition) is 1. The normalized spacial score (nSPS) is 20.5. The first-order chi connectivity index (χ1) is 8.90. The van der Waals surface area contributed by atoms with Gasteiger partial charge in [-0.3, -0.25) is 0 Å². The molecule has 6 heteroatoms. The highest BCUT2D eigenvalue weighted by atomic mass is 32.2. The van der Waals surface area contributed by atoms with Gasteiger partial charge in [-0.15, -0.1) is 11.3 Å². The Balaban J connectivity index is 1.98. The van der Waals surface area contributed by atoms with Crippen molar-refractivity contribution in [2.24, 2.45) is 0 Å². The number of anilines is 1. The SMILES string of the molecule is OCCC1CSCCN1c1ncnc2sccc12. The molecular weight excluding hydrogens is 266 g/mol. The van der Waals surface area contributed by atoms with E-state index in [1.807, 2.05) is 11.8 Å². The summed E-state index contributed by atoms with van der Waals surface area (Å²) in [4.78, 5) is 12.1. The van der Waals surface area contributed by atoms with Crippen molar-refractivity contribution < 1.29 is 5.11 Å². The molecule has 96 valence electrons. The lowest BCUT2D eigenvalue weighted by Crippen LogP contribution is -2.43. The van der Waals surface area contributed by atoms with E-state index in [2.05, 4.69) is 26.3 Å². The zero-order valence-corrected chi connectivity index (χ0v) is 11.6. The van der Waals surface area contributed by atoms with Crippen molar-refractivity contribution in [2.75, 3.05) is 29.6 Å². The van der Waals surface area contributed by atoms with Gasteiger partial charge in [-0.2, -0.15) is 11.8 Å². The van der Waals surface area contributed by atoms with E-state index in [4.69, 9.17) is 0 Å². The molecule has 2 aromatic heterocycles. The fourth-order valence-corrected chi connectivity index (χ4v) is 4.17. The molecule has 1 N–H and O–H groups in total. The topological polar surface area (TPSA) is 49.2 Å². The Labute approximate surface area is 114 Å². The Morgan fingerprint density at radius 2 is 2.39 bits per heavy atom. The van der Waals surface area contributed by atoms with Gasteiger partial charge in [-0.25, -0.2) is 9.97 Å². The first-order valence-corrected chi connectivity index (χ1v) is 8.07. The Morgan fingerprint density at radius 3 is 3.28 bits per heavy atom. The van der Waals surface area contributed by atoms with E-state index in [0.29, 0.717) is 6.04 Å². The molecule has 0 radical (unpaired) electrons. The predicted molar refractivity (Wildman–Crippen MR) is 77.6 cm³/mol. The van der Waals surface area contributed by atoms with Gasteiger partial charge < -0.3 is 10.0 Å². The number of aliphatic hydroxyl groups excluding tert-OH is 1. The van der Waals surface area contributed by atoms with Crippen LogP contribution >= 0.6 is 23.1 Å². The number of hydrogen-bond acceptors (Lipinski definition) is 6. The Hall–Kier alpha value is -0.850. The molecule has 18 heavy (non-hydrogen) atoms. The average molecular weight is 281 g/mol. The van der Waals surface area contributed by atoms with Crippen LogP contribution in [0.4, 0.5) is 5.82 Å². The second kappa shape index (κ2) is 5.42. The summed E-state index contributed by atoms with van der Waals surface area (Å²) in [6, 6.07) is 2.47. The van der Waals surface area contributed by atoms with Gasteiger partial charge in [0.2, 0.25) is 0 Å². The predicted octanol–water partition coefficient (Wildman–Crippen LogP) is 2.00. The van der Waals surface area contributed by atoms with Gasteiger partial charge in [0.15, 0.2) is 0 Å². The van der Waals surface area contributed by atoms with Crippen molar-refractivity contribution in [2.45, 2.75) is 12.5 Å². The van der Waals surface area contributed by atoms with E-state index in [0.717, 1.165) is 40.5 Å². The molecule has 1 saturated heterocycles. The zero-order chi connectivity index (χ0) is 12.4. The van der Waals surface area contributed by atoms with Gasteiger partial charge in [0, 0.05) is 30.7 Å². The van der Waals surface area contributed by atoms with E-state index in [9.17, 15) is 5.11 Å². The molecule has 1 aliphatic heterocycles. The van der Waals surface area contributed by atoms with Gasteiger partial charge in [0.25, 0.3) is 0 Å². The monoisotopic (exact) mass is 281 g/mol. The number of nitrogens with zero attached hydrogens (tertiary/aromatic N) is 3. The molecule has 3 heterocycles. The minimum atomic E-state index is 0.236. The smallest absolute Gasteiger partial charge is 0.141 e. The molecule has 0 saturated carbocycles. The fraction of sp³-hybridized carbons (Fsp3) is 0.500. The lowest BCUT2D eigenvalue weighted by atomic mass is 10.2. The number of aliphatic hydroxyl groups is 1. The third-order valence-corrected chi connectivity index (χ3v) is 5.12. The summed E-state index contributed by atoms with van der Waals surface area (Å²) in [6.07, 6.45) is 2.45. The summed E-state index contributed by atoms with van der Waals surface area (Å²) >= 11 is 3.60. The third kappa shape index (κ3) is 2.20. The second-order valence-electron chi connectivity index (χ2n) is 4.27. The molecule has 2 aromatic rings. The average Bonchev–Trinajstić information content (AvgIpc) is 2.88. The van der Waals surface area contributed by atoms with Crippen LogP contribution < -0.4 is 4.90 Å². The number of fused-ring (bicyclic) bond motifs is 1.